The third-order valence-corrected chi connectivity index (χ3v) is 4.13. The molecule has 2 heterocycles. The molecule has 0 spiro atoms. The summed E-state index contributed by atoms with van der Waals surface area (Å²) in [4.78, 5) is 18.0. The molecule has 1 atom stereocenters. The van der Waals surface area contributed by atoms with Crippen LogP contribution in [0.25, 0.3) is 0 Å². The Morgan fingerprint density at radius 1 is 1.29 bits per heavy atom. The highest BCUT2D eigenvalue weighted by Crippen LogP contribution is 2.26. The molecule has 2 amide bonds. The molecular formula is C17H27N3O. The number of likely N-dealkylation sites (tertiary alicyclic amines) is 1. The summed E-state index contributed by atoms with van der Waals surface area (Å²) in [6.07, 6.45) is 7.10. The number of nitrogens with one attached hydrogen (secondary N) is 1. The lowest BCUT2D eigenvalue weighted by molar-refractivity contribution is 0.148. The average molecular weight is 289 g/mol. The van der Waals surface area contributed by atoms with Crippen molar-refractivity contribution in [2.45, 2.75) is 52.0 Å². The van der Waals surface area contributed by atoms with Crippen LogP contribution < -0.4 is 5.32 Å². The monoisotopic (exact) mass is 289 g/mol. The number of carbonyl (C=O) groups excluding carboxylic acids is 1. The summed E-state index contributed by atoms with van der Waals surface area (Å²) in [6, 6.07) is 4.41. The van der Waals surface area contributed by atoms with Crippen molar-refractivity contribution < 1.29 is 4.79 Å². The fourth-order valence-electron chi connectivity index (χ4n) is 2.70. The van der Waals surface area contributed by atoms with Gasteiger partial charge in [-0.1, -0.05) is 26.7 Å². The van der Waals surface area contributed by atoms with Gasteiger partial charge in [0.05, 0.1) is 0 Å². The Kier molecular flexibility index (Phi) is 5.59. The Morgan fingerprint density at radius 2 is 1.95 bits per heavy atom. The van der Waals surface area contributed by atoms with E-state index in [1.54, 1.807) is 0 Å². The van der Waals surface area contributed by atoms with E-state index in [9.17, 15) is 4.79 Å². The van der Waals surface area contributed by atoms with Crippen LogP contribution in [0.3, 0.4) is 0 Å². The molecular weight excluding hydrogens is 262 g/mol. The Morgan fingerprint density at radius 3 is 2.57 bits per heavy atom. The van der Waals surface area contributed by atoms with Gasteiger partial charge in [-0.15, -0.1) is 0 Å². The molecule has 0 aliphatic carbocycles. The van der Waals surface area contributed by atoms with Gasteiger partial charge in [0, 0.05) is 37.4 Å². The first kappa shape index (κ1) is 15.8. The second-order valence-corrected chi connectivity index (χ2v) is 6.56. The fraction of sp³-hybridized carbons (Fsp3) is 0.647. The molecule has 4 nitrogen and oxygen atoms in total. The minimum absolute atomic E-state index is 0.0809. The maximum Gasteiger partial charge on any atom is 0.317 e. The zero-order valence-electron chi connectivity index (χ0n) is 13.4. The lowest BCUT2D eigenvalue weighted by Crippen LogP contribution is -2.54. The Balaban J connectivity index is 1.67. The second kappa shape index (κ2) is 7.43. The standard InChI is InChI=1S/C17H27N3O/c1-13(2)5-4-6-14(3)19-17(21)20-11-16(12-20)15-7-9-18-10-8-15/h7-10,13-14,16H,4-6,11-12H2,1-3H3,(H,19,21). The highest BCUT2D eigenvalue weighted by Gasteiger charge is 2.31. The minimum Gasteiger partial charge on any atom is -0.336 e. The maximum atomic E-state index is 12.1. The highest BCUT2D eigenvalue weighted by molar-refractivity contribution is 5.75. The predicted molar refractivity (Wildman–Crippen MR) is 85.2 cm³/mol. The predicted octanol–water partition coefficient (Wildman–Crippen LogP) is 3.41. The summed E-state index contributed by atoms with van der Waals surface area (Å²) in [5.41, 5.74) is 1.28. The fourth-order valence-corrected chi connectivity index (χ4v) is 2.70. The summed E-state index contributed by atoms with van der Waals surface area (Å²) >= 11 is 0. The SMILES string of the molecule is CC(C)CCCC(C)NC(=O)N1CC(c2ccncc2)C1. The van der Waals surface area contributed by atoms with Crippen LogP contribution in [0, 0.1) is 5.92 Å². The highest BCUT2D eigenvalue weighted by atomic mass is 16.2. The van der Waals surface area contributed by atoms with Crippen molar-refractivity contribution in [3.63, 3.8) is 0 Å². The van der Waals surface area contributed by atoms with Crippen LogP contribution in [0.15, 0.2) is 24.5 Å². The van der Waals surface area contributed by atoms with Crippen LogP contribution in [-0.4, -0.2) is 35.0 Å². The van der Waals surface area contributed by atoms with Crippen LogP contribution in [0.2, 0.25) is 0 Å². The molecule has 1 aliphatic rings. The lowest BCUT2D eigenvalue weighted by atomic mass is 9.93. The van der Waals surface area contributed by atoms with E-state index in [0.717, 1.165) is 25.4 Å². The normalized spacial score (nSPS) is 16.7. The average Bonchev–Trinajstić information content (AvgIpc) is 2.37. The number of urea groups is 1. The first-order chi connectivity index (χ1) is 10.1. The third kappa shape index (κ3) is 4.73. The van der Waals surface area contributed by atoms with Crippen LogP contribution >= 0.6 is 0 Å². The van der Waals surface area contributed by atoms with E-state index in [4.69, 9.17) is 0 Å². The molecule has 1 saturated heterocycles. The van der Waals surface area contributed by atoms with Crippen molar-refractivity contribution in [1.29, 1.82) is 0 Å². The topological polar surface area (TPSA) is 45.2 Å². The Hall–Kier alpha value is -1.58. The molecule has 1 unspecified atom stereocenters. The van der Waals surface area contributed by atoms with Gasteiger partial charge in [0.1, 0.15) is 0 Å². The van der Waals surface area contributed by atoms with Crippen LogP contribution in [0.4, 0.5) is 4.79 Å². The first-order valence-electron chi connectivity index (χ1n) is 8.01. The van der Waals surface area contributed by atoms with E-state index >= 15 is 0 Å². The van der Waals surface area contributed by atoms with Crippen LogP contribution in [0.1, 0.15) is 51.5 Å². The Labute approximate surface area is 127 Å². The molecule has 0 aromatic carbocycles. The minimum atomic E-state index is 0.0809. The van der Waals surface area contributed by atoms with Gasteiger partial charge in [0.25, 0.3) is 0 Å². The number of amides is 2. The molecule has 0 radical (unpaired) electrons. The summed E-state index contributed by atoms with van der Waals surface area (Å²) in [5.74, 6) is 1.21. The molecule has 0 bridgehead atoms. The number of hydrogen-bond acceptors (Lipinski definition) is 2. The zero-order valence-corrected chi connectivity index (χ0v) is 13.4. The van der Waals surface area contributed by atoms with Crippen molar-refractivity contribution in [3.8, 4) is 0 Å². The van der Waals surface area contributed by atoms with Gasteiger partial charge in [0.2, 0.25) is 0 Å². The van der Waals surface area contributed by atoms with E-state index in [2.05, 4.69) is 31.1 Å². The van der Waals surface area contributed by atoms with Gasteiger partial charge in [-0.25, -0.2) is 4.79 Å². The second-order valence-electron chi connectivity index (χ2n) is 6.56. The molecule has 21 heavy (non-hydrogen) atoms. The molecule has 1 aromatic rings. The van der Waals surface area contributed by atoms with Gasteiger partial charge in [-0.3, -0.25) is 4.98 Å². The molecule has 1 aliphatic heterocycles. The molecule has 1 aromatic heterocycles. The van der Waals surface area contributed by atoms with Gasteiger partial charge in [0.15, 0.2) is 0 Å². The van der Waals surface area contributed by atoms with Gasteiger partial charge in [-0.05, 0) is 37.0 Å². The van der Waals surface area contributed by atoms with Crippen molar-refractivity contribution in [1.82, 2.24) is 15.2 Å². The molecule has 116 valence electrons. The summed E-state index contributed by atoms with van der Waals surface area (Å²) in [5, 5.41) is 3.10. The molecule has 0 saturated carbocycles. The summed E-state index contributed by atoms with van der Waals surface area (Å²) in [7, 11) is 0. The maximum absolute atomic E-state index is 12.1. The van der Waals surface area contributed by atoms with E-state index in [1.807, 2.05) is 29.4 Å². The number of pyridine rings is 1. The van der Waals surface area contributed by atoms with E-state index < -0.39 is 0 Å². The quantitative estimate of drug-likeness (QED) is 0.872. The molecule has 1 fully saturated rings. The first-order valence-corrected chi connectivity index (χ1v) is 8.01. The Bertz CT molecular complexity index is 441. The van der Waals surface area contributed by atoms with Crippen molar-refractivity contribution >= 4 is 6.03 Å². The van der Waals surface area contributed by atoms with E-state index in [0.29, 0.717) is 5.92 Å². The largest absolute Gasteiger partial charge is 0.336 e. The molecule has 2 rings (SSSR count). The number of carbonyl (C=O) groups is 1. The number of rotatable bonds is 6. The van der Waals surface area contributed by atoms with Gasteiger partial charge >= 0.3 is 6.03 Å². The van der Waals surface area contributed by atoms with E-state index in [-0.39, 0.29) is 12.1 Å². The van der Waals surface area contributed by atoms with Crippen molar-refractivity contribution in [3.05, 3.63) is 30.1 Å². The van der Waals surface area contributed by atoms with Crippen LogP contribution in [-0.2, 0) is 0 Å². The number of nitrogens with zero attached hydrogens (tertiary/aromatic N) is 2. The summed E-state index contributed by atoms with van der Waals surface area (Å²) in [6.45, 7) is 8.20. The zero-order chi connectivity index (χ0) is 15.2. The number of aromatic nitrogens is 1. The smallest absolute Gasteiger partial charge is 0.317 e. The van der Waals surface area contributed by atoms with E-state index in [1.165, 1.54) is 18.4 Å². The van der Waals surface area contributed by atoms with Crippen molar-refractivity contribution in [2.75, 3.05) is 13.1 Å². The number of hydrogen-bond donors (Lipinski definition) is 1. The molecule has 1 N–H and O–H groups in total. The van der Waals surface area contributed by atoms with Gasteiger partial charge in [-0.2, -0.15) is 0 Å². The third-order valence-electron chi connectivity index (χ3n) is 4.13. The molecule has 4 heteroatoms. The van der Waals surface area contributed by atoms with Crippen LogP contribution in [0.5, 0.6) is 0 Å². The van der Waals surface area contributed by atoms with Crippen molar-refractivity contribution in [2.24, 2.45) is 5.92 Å². The van der Waals surface area contributed by atoms with Gasteiger partial charge < -0.3 is 10.2 Å². The lowest BCUT2D eigenvalue weighted by Gasteiger charge is -2.40. The summed E-state index contributed by atoms with van der Waals surface area (Å²) < 4.78 is 0.